The molecule has 12 heavy (non-hydrogen) atoms. The highest BCUT2D eigenvalue weighted by Gasteiger charge is 2.27. The predicted molar refractivity (Wildman–Crippen MR) is 55.7 cm³/mol. The molecule has 0 amide bonds. The average Bonchev–Trinajstić information content (AvgIpc) is 2.00. The number of hydrogen-bond acceptors (Lipinski definition) is 0. The SMILES string of the molecule is C=C(C)C1CCC(C)=C(Cl)C1Cl. The van der Waals surface area contributed by atoms with Gasteiger partial charge in [-0.25, -0.2) is 0 Å². The fourth-order valence-corrected chi connectivity index (χ4v) is 2.32. The van der Waals surface area contributed by atoms with E-state index in [4.69, 9.17) is 23.2 Å². The predicted octanol–water partition coefficient (Wildman–Crippen LogP) is 4.09. The van der Waals surface area contributed by atoms with E-state index >= 15 is 0 Å². The van der Waals surface area contributed by atoms with Gasteiger partial charge in [0, 0.05) is 11.0 Å². The van der Waals surface area contributed by atoms with Crippen molar-refractivity contribution in [2.75, 3.05) is 0 Å². The normalized spacial score (nSPS) is 30.7. The monoisotopic (exact) mass is 204 g/mol. The largest absolute Gasteiger partial charge is 0.116 e. The third-order valence-corrected chi connectivity index (χ3v) is 3.66. The van der Waals surface area contributed by atoms with Crippen LogP contribution in [0, 0.1) is 5.92 Å². The molecule has 1 rings (SSSR count). The molecular weight excluding hydrogens is 191 g/mol. The van der Waals surface area contributed by atoms with Crippen molar-refractivity contribution in [3.8, 4) is 0 Å². The Morgan fingerprint density at radius 2 is 2.17 bits per heavy atom. The Kier molecular flexibility index (Phi) is 3.25. The molecule has 1 aliphatic rings. The van der Waals surface area contributed by atoms with Gasteiger partial charge in [-0.05, 0) is 26.7 Å². The van der Waals surface area contributed by atoms with Crippen LogP contribution in [-0.4, -0.2) is 5.38 Å². The first-order chi connectivity index (χ1) is 5.54. The topological polar surface area (TPSA) is 0 Å². The number of allylic oxidation sites excluding steroid dienone is 3. The Bertz CT molecular complexity index is 228. The van der Waals surface area contributed by atoms with Crippen LogP contribution < -0.4 is 0 Å². The molecule has 2 atom stereocenters. The zero-order chi connectivity index (χ0) is 9.30. The average molecular weight is 205 g/mol. The molecule has 0 saturated heterocycles. The second kappa shape index (κ2) is 3.85. The van der Waals surface area contributed by atoms with Gasteiger partial charge in [0.2, 0.25) is 0 Å². The maximum Gasteiger partial charge on any atom is 0.0756 e. The van der Waals surface area contributed by atoms with E-state index in [1.807, 2.05) is 13.8 Å². The standard InChI is InChI=1S/C10H14Cl2/c1-6(2)8-5-4-7(3)9(11)10(8)12/h8,10H,1,4-5H2,2-3H3. The Morgan fingerprint density at radius 3 is 2.67 bits per heavy atom. The summed E-state index contributed by atoms with van der Waals surface area (Å²) in [7, 11) is 0. The third kappa shape index (κ3) is 1.86. The minimum Gasteiger partial charge on any atom is -0.116 e. The molecule has 0 fully saturated rings. The van der Waals surface area contributed by atoms with Crippen molar-refractivity contribution in [2.45, 2.75) is 32.1 Å². The van der Waals surface area contributed by atoms with Crippen LogP contribution in [0.25, 0.3) is 0 Å². The van der Waals surface area contributed by atoms with E-state index in [0.29, 0.717) is 5.92 Å². The fraction of sp³-hybridized carbons (Fsp3) is 0.600. The highest BCUT2D eigenvalue weighted by atomic mass is 35.5. The van der Waals surface area contributed by atoms with Crippen molar-refractivity contribution in [1.82, 2.24) is 0 Å². The highest BCUT2D eigenvalue weighted by molar-refractivity contribution is 6.38. The van der Waals surface area contributed by atoms with Gasteiger partial charge in [-0.1, -0.05) is 29.3 Å². The smallest absolute Gasteiger partial charge is 0.0756 e. The number of hydrogen-bond donors (Lipinski definition) is 0. The molecule has 0 aliphatic heterocycles. The lowest BCUT2D eigenvalue weighted by Gasteiger charge is -2.28. The minimum atomic E-state index is -0.0436. The van der Waals surface area contributed by atoms with Crippen molar-refractivity contribution in [2.24, 2.45) is 5.92 Å². The quantitative estimate of drug-likeness (QED) is 0.446. The van der Waals surface area contributed by atoms with Crippen LogP contribution in [0.5, 0.6) is 0 Å². The Morgan fingerprint density at radius 1 is 1.58 bits per heavy atom. The molecule has 0 aromatic rings. The molecule has 0 heterocycles. The lowest BCUT2D eigenvalue weighted by Crippen LogP contribution is -2.21. The number of halogens is 2. The minimum absolute atomic E-state index is 0.0436. The molecule has 0 aromatic carbocycles. The van der Waals surface area contributed by atoms with Crippen molar-refractivity contribution in [3.05, 3.63) is 22.8 Å². The Hall–Kier alpha value is 0.0600. The summed E-state index contributed by atoms with van der Waals surface area (Å²) in [4.78, 5) is 0. The summed E-state index contributed by atoms with van der Waals surface area (Å²) in [5, 5.41) is 0.786. The zero-order valence-electron chi connectivity index (χ0n) is 7.53. The lowest BCUT2D eigenvalue weighted by molar-refractivity contribution is 0.540. The van der Waals surface area contributed by atoms with Gasteiger partial charge in [0.25, 0.3) is 0 Å². The molecule has 0 aromatic heterocycles. The van der Waals surface area contributed by atoms with E-state index in [-0.39, 0.29) is 5.38 Å². The van der Waals surface area contributed by atoms with Crippen LogP contribution in [0.3, 0.4) is 0 Å². The fourth-order valence-electron chi connectivity index (χ4n) is 1.55. The first-order valence-corrected chi connectivity index (χ1v) is 5.00. The molecule has 0 nitrogen and oxygen atoms in total. The molecule has 68 valence electrons. The zero-order valence-corrected chi connectivity index (χ0v) is 9.04. The van der Waals surface area contributed by atoms with Crippen molar-refractivity contribution >= 4 is 23.2 Å². The van der Waals surface area contributed by atoms with Crippen molar-refractivity contribution in [1.29, 1.82) is 0 Å². The van der Waals surface area contributed by atoms with Crippen LogP contribution in [0.4, 0.5) is 0 Å². The highest BCUT2D eigenvalue weighted by Crippen LogP contribution is 2.38. The summed E-state index contributed by atoms with van der Waals surface area (Å²) < 4.78 is 0. The van der Waals surface area contributed by atoms with Gasteiger partial charge >= 0.3 is 0 Å². The number of alkyl halides is 1. The van der Waals surface area contributed by atoms with Crippen LogP contribution >= 0.6 is 23.2 Å². The van der Waals surface area contributed by atoms with Crippen LogP contribution in [0.2, 0.25) is 0 Å². The molecule has 0 N–H and O–H groups in total. The summed E-state index contributed by atoms with van der Waals surface area (Å²) in [6, 6.07) is 0. The summed E-state index contributed by atoms with van der Waals surface area (Å²) in [5.41, 5.74) is 2.37. The van der Waals surface area contributed by atoms with Gasteiger partial charge in [-0.3, -0.25) is 0 Å². The Labute approximate surface area is 84.2 Å². The second-order valence-corrected chi connectivity index (χ2v) is 4.40. The molecule has 0 saturated carbocycles. The number of rotatable bonds is 1. The van der Waals surface area contributed by atoms with E-state index in [1.54, 1.807) is 0 Å². The first kappa shape index (κ1) is 10.1. The van der Waals surface area contributed by atoms with E-state index in [1.165, 1.54) is 5.57 Å². The van der Waals surface area contributed by atoms with Crippen LogP contribution in [0.1, 0.15) is 26.7 Å². The summed E-state index contributed by atoms with van der Waals surface area (Å²) in [5.74, 6) is 0.364. The summed E-state index contributed by atoms with van der Waals surface area (Å²) in [6.45, 7) is 7.99. The van der Waals surface area contributed by atoms with E-state index < -0.39 is 0 Å². The van der Waals surface area contributed by atoms with Crippen molar-refractivity contribution in [3.63, 3.8) is 0 Å². The van der Waals surface area contributed by atoms with Crippen LogP contribution in [-0.2, 0) is 0 Å². The molecular formula is C10H14Cl2. The lowest BCUT2D eigenvalue weighted by atomic mass is 9.85. The van der Waals surface area contributed by atoms with E-state index in [2.05, 4.69) is 6.58 Å². The first-order valence-electron chi connectivity index (χ1n) is 4.18. The van der Waals surface area contributed by atoms with Crippen molar-refractivity contribution < 1.29 is 0 Å². The maximum absolute atomic E-state index is 6.17. The molecule has 2 heteroatoms. The molecule has 0 spiro atoms. The van der Waals surface area contributed by atoms with Gasteiger partial charge in [-0.15, -0.1) is 11.6 Å². The van der Waals surface area contributed by atoms with Gasteiger partial charge in [0.15, 0.2) is 0 Å². The van der Waals surface area contributed by atoms with Gasteiger partial charge in [0.1, 0.15) is 0 Å². The van der Waals surface area contributed by atoms with Gasteiger partial charge in [0.05, 0.1) is 5.38 Å². The molecule has 2 unspecified atom stereocenters. The molecule has 0 bridgehead atoms. The third-order valence-electron chi connectivity index (χ3n) is 2.47. The summed E-state index contributed by atoms with van der Waals surface area (Å²) in [6.07, 6.45) is 2.14. The van der Waals surface area contributed by atoms with Crippen LogP contribution in [0.15, 0.2) is 22.8 Å². The molecule has 0 radical (unpaired) electrons. The van der Waals surface area contributed by atoms with Gasteiger partial charge in [-0.2, -0.15) is 0 Å². The van der Waals surface area contributed by atoms with E-state index in [0.717, 1.165) is 23.4 Å². The second-order valence-electron chi connectivity index (χ2n) is 3.52. The summed E-state index contributed by atoms with van der Waals surface area (Å²) >= 11 is 12.2. The van der Waals surface area contributed by atoms with E-state index in [9.17, 15) is 0 Å². The molecule has 1 aliphatic carbocycles. The Balaban J connectivity index is 2.83. The van der Waals surface area contributed by atoms with Gasteiger partial charge < -0.3 is 0 Å². The maximum atomic E-state index is 6.17.